The highest BCUT2D eigenvalue weighted by molar-refractivity contribution is 5.68. The van der Waals surface area contributed by atoms with Crippen molar-refractivity contribution in [2.45, 2.75) is 64.4 Å². The van der Waals surface area contributed by atoms with Gasteiger partial charge in [-0.05, 0) is 63.5 Å². The number of carbonyl (C=O) groups is 2. The van der Waals surface area contributed by atoms with Gasteiger partial charge in [0.2, 0.25) is 0 Å². The number of pyridine rings is 1. The fourth-order valence-electron chi connectivity index (χ4n) is 3.81. The third kappa shape index (κ3) is 8.45. The maximum atomic E-state index is 12.0. The molecule has 2 aliphatic carbocycles. The van der Waals surface area contributed by atoms with Crippen molar-refractivity contribution in [3.8, 4) is 5.75 Å². The molecule has 3 rings (SSSR count). The number of nitrogens with one attached hydrogen (secondary N) is 1. The van der Waals surface area contributed by atoms with Gasteiger partial charge in [0.15, 0.2) is 0 Å². The van der Waals surface area contributed by atoms with E-state index in [1.54, 1.807) is 7.05 Å². The van der Waals surface area contributed by atoms with Crippen molar-refractivity contribution < 1.29 is 24.2 Å². The molecule has 0 unspecified atom stereocenters. The molecule has 2 aliphatic rings. The van der Waals surface area contributed by atoms with Gasteiger partial charge in [0.05, 0.1) is 28.9 Å². The number of amides is 1. The molecular formula is C23H37N5O5. The van der Waals surface area contributed by atoms with Gasteiger partial charge in [-0.1, -0.05) is 12.8 Å². The summed E-state index contributed by atoms with van der Waals surface area (Å²) >= 11 is 0. The molecule has 0 radical (unpaired) electrons. The molecule has 1 heterocycles. The third-order valence-electron chi connectivity index (χ3n) is 6.00. The number of aryl methyl sites for hydroxylation is 1. The van der Waals surface area contributed by atoms with Crippen LogP contribution in [0.1, 0.15) is 62.8 Å². The highest BCUT2D eigenvalue weighted by Gasteiger charge is 2.20. The van der Waals surface area contributed by atoms with E-state index in [4.69, 9.17) is 31.0 Å². The lowest BCUT2D eigenvalue weighted by atomic mass is 9.85. The Morgan fingerprint density at radius 3 is 2.45 bits per heavy atom. The minimum Gasteiger partial charge on any atom is -0.489 e. The molecule has 0 bridgehead atoms. The van der Waals surface area contributed by atoms with Crippen molar-refractivity contribution in [3.05, 3.63) is 29.2 Å². The molecule has 0 saturated heterocycles. The zero-order valence-corrected chi connectivity index (χ0v) is 19.6. The van der Waals surface area contributed by atoms with Crippen LogP contribution in [0.5, 0.6) is 5.75 Å². The number of likely N-dealkylation sites (N-methyl/N-ethyl adjacent to an activating group) is 1. The molecule has 0 aliphatic heterocycles. The van der Waals surface area contributed by atoms with E-state index in [2.05, 4.69) is 10.3 Å². The van der Waals surface area contributed by atoms with Gasteiger partial charge in [-0.3, -0.25) is 4.79 Å². The molecule has 1 amide bonds. The van der Waals surface area contributed by atoms with Crippen LogP contribution in [0.3, 0.4) is 0 Å². The summed E-state index contributed by atoms with van der Waals surface area (Å²) < 4.78 is 11.5. The van der Waals surface area contributed by atoms with Crippen molar-refractivity contribution in [1.29, 1.82) is 0 Å². The van der Waals surface area contributed by atoms with Crippen molar-refractivity contribution in [2.24, 2.45) is 17.5 Å². The van der Waals surface area contributed by atoms with Gasteiger partial charge in [0, 0.05) is 13.6 Å². The first-order valence-corrected chi connectivity index (χ1v) is 11.5. The van der Waals surface area contributed by atoms with Gasteiger partial charge in [0.1, 0.15) is 12.4 Å². The fraction of sp³-hybridized carbons (Fsp3) is 0.609. The normalized spacial score (nSPS) is 16.9. The molecule has 33 heavy (non-hydrogen) atoms. The molecule has 0 spiro atoms. The van der Waals surface area contributed by atoms with Crippen molar-refractivity contribution in [3.63, 3.8) is 0 Å². The average Bonchev–Trinajstić information content (AvgIpc) is 2.75. The number of hydrogen-bond acceptors (Lipinski definition) is 8. The summed E-state index contributed by atoms with van der Waals surface area (Å²) in [5.41, 5.74) is 8.54. The van der Waals surface area contributed by atoms with Crippen LogP contribution in [0, 0.1) is 12.8 Å². The number of nitrogens with zero attached hydrogens (tertiary/aromatic N) is 2. The smallest absolute Gasteiger partial charge is 0.407 e. The molecular weight excluding hydrogens is 426 g/mol. The van der Waals surface area contributed by atoms with Gasteiger partial charge in [-0.15, -0.1) is 0 Å². The predicted octanol–water partition coefficient (Wildman–Crippen LogP) is 2.76. The molecule has 10 nitrogen and oxygen atoms in total. The van der Waals surface area contributed by atoms with Crippen LogP contribution in [0.4, 0.5) is 4.79 Å². The van der Waals surface area contributed by atoms with Gasteiger partial charge in [-0.25, -0.2) is 15.6 Å². The van der Waals surface area contributed by atoms with Crippen LogP contribution in [0.2, 0.25) is 0 Å². The number of hydrazine groups is 1. The summed E-state index contributed by atoms with van der Waals surface area (Å²) in [5, 5.41) is 11.0. The van der Waals surface area contributed by atoms with Gasteiger partial charge >= 0.3 is 6.09 Å². The first kappa shape index (κ1) is 26.2. The Labute approximate surface area is 195 Å². The number of alkyl carbamates (subject to hydrolysis) is 1. The van der Waals surface area contributed by atoms with Crippen LogP contribution in [0.25, 0.3) is 5.70 Å². The largest absolute Gasteiger partial charge is 0.489 e. The van der Waals surface area contributed by atoms with E-state index in [-0.39, 0.29) is 19.2 Å². The van der Waals surface area contributed by atoms with E-state index in [0.29, 0.717) is 29.6 Å². The first-order valence-electron chi connectivity index (χ1n) is 11.5. The number of rotatable bonds is 8. The second-order valence-corrected chi connectivity index (χ2v) is 8.49. The average molecular weight is 464 g/mol. The minimum atomic E-state index is -0.464. The Morgan fingerprint density at radius 2 is 1.91 bits per heavy atom. The lowest BCUT2D eigenvalue weighted by molar-refractivity contribution is -0.122. The minimum absolute atomic E-state index is 0.0314. The maximum absolute atomic E-state index is 12.0. The molecule has 2 saturated carbocycles. The van der Waals surface area contributed by atoms with E-state index in [0.717, 1.165) is 37.1 Å². The molecule has 0 atom stereocenters. The first-order chi connectivity index (χ1) is 15.8. The molecule has 184 valence electrons. The van der Waals surface area contributed by atoms with Crippen LogP contribution in [-0.2, 0) is 9.53 Å². The zero-order valence-electron chi connectivity index (χ0n) is 19.6. The van der Waals surface area contributed by atoms with E-state index < -0.39 is 6.09 Å². The number of hydrogen-bond donors (Lipinski definition) is 4. The van der Waals surface area contributed by atoms with Crippen LogP contribution in [-0.4, -0.2) is 54.0 Å². The van der Waals surface area contributed by atoms with E-state index >= 15 is 0 Å². The summed E-state index contributed by atoms with van der Waals surface area (Å²) in [6.07, 6.45) is 9.25. The van der Waals surface area contributed by atoms with Gasteiger partial charge in [-0.2, -0.15) is 0 Å². The van der Waals surface area contributed by atoms with Crippen LogP contribution < -0.4 is 21.6 Å². The molecule has 1 aromatic rings. The quantitative estimate of drug-likeness (QED) is 0.259. The lowest BCUT2D eigenvalue weighted by Crippen LogP contribution is -2.35. The maximum Gasteiger partial charge on any atom is 0.407 e. The SMILES string of the molecule is Cc1nc(/C(N)=C(\COC(=O)NCC2CCC2)N(C)N)ccc1OC1CCCCC1.O=CO. The van der Waals surface area contributed by atoms with E-state index in [1.807, 2.05) is 19.1 Å². The van der Waals surface area contributed by atoms with E-state index in [9.17, 15) is 4.79 Å². The van der Waals surface area contributed by atoms with Crippen molar-refractivity contribution in [1.82, 2.24) is 15.3 Å². The molecule has 6 N–H and O–H groups in total. The monoisotopic (exact) mass is 463 g/mol. The number of carbonyl (C=O) groups excluding carboxylic acids is 1. The number of aromatic nitrogens is 1. The number of carboxylic acid groups (broad SMARTS) is 1. The summed E-state index contributed by atoms with van der Waals surface area (Å²) in [5.74, 6) is 7.29. The Balaban J connectivity index is 0.00000122. The Morgan fingerprint density at radius 1 is 1.24 bits per heavy atom. The topological polar surface area (TPSA) is 153 Å². The third-order valence-corrected chi connectivity index (χ3v) is 6.00. The molecule has 10 heteroatoms. The van der Waals surface area contributed by atoms with Crippen molar-refractivity contribution >= 4 is 18.3 Å². The van der Waals surface area contributed by atoms with Gasteiger partial charge in [0.25, 0.3) is 6.47 Å². The highest BCUT2D eigenvalue weighted by atomic mass is 16.5. The van der Waals surface area contributed by atoms with Crippen LogP contribution in [0.15, 0.2) is 17.8 Å². The standard InChI is InChI=1S/C22H35N5O3.CH2O2/c1-15-20(30-17-9-4-3-5-10-17)12-11-18(26-15)21(23)19(27(2)24)14-29-22(28)25-13-16-7-6-8-16;2-1-3/h11-12,16-17H,3-10,13-14,23-24H2,1-2H3,(H,25,28);1H,(H,2,3)/b21-19-;. The summed E-state index contributed by atoms with van der Waals surface area (Å²) in [4.78, 5) is 24.9. The summed E-state index contributed by atoms with van der Waals surface area (Å²) in [7, 11) is 1.66. The number of ether oxygens (including phenoxy) is 2. The van der Waals surface area contributed by atoms with E-state index in [1.165, 1.54) is 30.7 Å². The second kappa shape index (κ2) is 13.5. The van der Waals surface area contributed by atoms with Crippen LogP contribution >= 0.6 is 0 Å². The Bertz CT molecular complexity index is 804. The van der Waals surface area contributed by atoms with Gasteiger partial charge < -0.3 is 30.6 Å². The van der Waals surface area contributed by atoms with Crippen molar-refractivity contribution in [2.75, 3.05) is 20.2 Å². The molecule has 1 aromatic heterocycles. The lowest BCUT2D eigenvalue weighted by Gasteiger charge is -2.25. The number of nitrogens with two attached hydrogens (primary N) is 2. The molecule has 2 fully saturated rings. The molecule has 0 aromatic carbocycles. The fourth-order valence-corrected chi connectivity index (χ4v) is 3.81. The zero-order chi connectivity index (χ0) is 24.2. The summed E-state index contributed by atoms with van der Waals surface area (Å²) in [6.45, 7) is 2.27. The Hall–Kier alpha value is -3.01. The Kier molecular flexibility index (Phi) is 10.8. The predicted molar refractivity (Wildman–Crippen MR) is 125 cm³/mol. The second-order valence-electron chi connectivity index (χ2n) is 8.49. The highest BCUT2D eigenvalue weighted by Crippen LogP contribution is 2.27. The summed E-state index contributed by atoms with van der Waals surface area (Å²) in [6, 6.07) is 3.72.